The fourth-order valence-electron chi connectivity index (χ4n) is 3.09. The number of rotatable bonds is 2. The van der Waals surface area contributed by atoms with E-state index >= 15 is 0 Å². The lowest BCUT2D eigenvalue weighted by molar-refractivity contribution is -0.130. The predicted octanol–water partition coefficient (Wildman–Crippen LogP) is 1.74. The van der Waals surface area contributed by atoms with Crippen LogP contribution in [-0.4, -0.2) is 52.3 Å². The van der Waals surface area contributed by atoms with Gasteiger partial charge in [-0.05, 0) is 25.0 Å². The molecule has 1 aromatic rings. The average Bonchev–Trinajstić information content (AvgIpc) is 2.86. The van der Waals surface area contributed by atoms with E-state index in [1.54, 1.807) is 12.1 Å². The third-order valence-electron chi connectivity index (χ3n) is 4.24. The van der Waals surface area contributed by atoms with E-state index < -0.39 is 0 Å². The molecule has 112 valence electrons. The molecule has 21 heavy (non-hydrogen) atoms. The molecule has 0 saturated carbocycles. The molecule has 2 amide bonds. The Kier molecular flexibility index (Phi) is 3.85. The first-order chi connectivity index (χ1) is 10.1. The van der Waals surface area contributed by atoms with Crippen LogP contribution in [0.3, 0.4) is 0 Å². The fraction of sp³-hybridized carbons (Fsp3) is 0.533. The van der Waals surface area contributed by atoms with Crippen LogP contribution in [-0.2, 0) is 11.2 Å². The standard InChI is InChI=1S/C15H18ClN3O2/c1-2-11-7-10(8-13(16)17-11)15(21)18-5-6-19-12(9-18)3-4-14(19)20/h7-8,12H,2-6,9H2,1H3. The lowest BCUT2D eigenvalue weighted by atomic mass is 10.1. The highest BCUT2D eigenvalue weighted by Crippen LogP contribution is 2.24. The monoisotopic (exact) mass is 307 g/mol. The van der Waals surface area contributed by atoms with E-state index in [1.807, 2.05) is 16.7 Å². The molecule has 2 saturated heterocycles. The Morgan fingerprint density at radius 1 is 1.43 bits per heavy atom. The molecule has 3 rings (SSSR count). The topological polar surface area (TPSA) is 53.5 Å². The van der Waals surface area contributed by atoms with Gasteiger partial charge in [0.1, 0.15) is 5.15 Å². The van der Waals surface area contributed by atoms with E-state index in [2.05, 4.69) is 4.98 Å². The van der Waals surface area contributed by atoms with Crippen molar-refractivity contribution in [3.8, 4) is 0 Å². The summed E-state index contributed by atoms with van der Waals surface area (Å²) in [5, 5.41) is 0.354. The number of amides is 2. The maximum absolute atomic E-state index is 12.6. The van der Waals surface area contributed by atoms with Crippen LogP contribution in [0.4, 0.5) is 0 Å². The zero-order chi connectivity index (χ0) is 15.0. The molecular formula is C15H18ClN3O2. The lowest BCUT2D eigenvalue weighted by Gasteiger charge is -2.37. The summed E-state index contributed by atoms with van der Waals surface area (Å²) in [5.41, 5.74) is 1.41. The molecule has 5 nitrogen and oxygen atoms in total. The largest absolute Gasteiger partial charge is 0.336 e. The summed E-state index contributed by atoms with van der Waals surface area (Å²) in [4.78, 5) is 32.2. The summed E-state index contributed by atoms with van der Waals surface area (Å²) in [5.74, 6) is 0.195. The number of aryl methyl sites for hydroxylation is 1. The second-order valence-corrected chi connectivity index (χ2v) is 5.94. The van der Waals surface area contributed by atoms with Gasteiger partial charge in [0.2, 0.25) is 5.91 Å². The second-order valence-electron chi connectivity index (χ2n) is 5.55. The molecule has 1 aromatic heterocycles. The van der Waals surface area contributed by atoms with E-state index in [-0.39, 0.29) is 17.9 Å². The molecule has 2 aliphatic rings. The highest BCUT2D eigenvalue weighted by Gasteiger charge is 2.37. The zero-order valence-corrected chi connectivity index (χ0v) is 12.8. The number of fused-ring (bicyclic) bond motifs is 1. The molecule has 0 bridgehead atoms. The van der Waals surface area contributed by atoms with Crippen LogP contribution in [0.15, 0.2) is 12.1 Å². The van der Waals surface area contributed by atoms with Crippen molar-refractivity contribution in [2.45, 2.75) is 32.2 Å². The molecule has 2 aliphatic heterocycles. The number of halogens is 1. The van der Waals surface area contributed by atoms with Gasteiger partial charge in [0.05, 0.1) is 0 Å². The highest BCUT2D eigenvalue weighted by molar-refractivity contribution is 6.29. The summed E-state index contributed by atoms with van der Waals surface area (Å²) >= 11 is 5.99. The molecule has 0 N–H and O–H groups in total. The van der Waals surface area contributed by atoms with E-state index in [0.29, 0.717) is 36.8 Å². The summed E-state index contributed by atoms with van der Waals surface area (Å²) in [6.07, 6.45) is 2.19. The SMILES string of the molecule is CCc1cc(C(=O)N2CCN3C(=O)CCC3C2)cc(Cl)n1. The van der Waals surface area contributed by atoms with Crippen LogP contribution >= 0.6 is 11.6 Å². The number of carbonyl (C=O) groups is 2. The number of carbonyl (C=O) groups excluding carboxylic acids is 2. The van der Waals surface area contributed by atoms with Gasteiger partial charge in [0, 0.05) is 43.4 Å². The van der Waals surface area contributed by atoms with Crippen LogP contribution in [0.1, 0.15) is 35.8 Å². The molecule has 0 aromatic carbocycles. The highest BCUT2D eigenvalue weighted by atomic mass is 35.5. The predicted molar refractivity (Wildman–Crippen MR) is 79.3 cm³/mol. The number of hydrogen-bond acceptors (Lipinski definition) is 3. The normalized spacial score (nSPS) is 21.6. The van der Waals surface area contributed by atoms with E-state index in [1.165, 1.54) is 0 Å². The lowest BCUT2D eigenvalue weighted by Crippen LogP contribution is -2.53. The molecule has 2 fully saturated rings. The van der Waals surface area contributed by atoms with Gasteiger partial charge in [-0.1, -0.05) is 18.5 Å². The van der Waals surface area contributed by atoms with Crippen molar-refractivity contribution in [2.24, 2.45) is 0 Å². The summed E-state index contributed by atoms with van der Waals surface area (Å²) in [7, 11) is 0. The third kappa shape index (κ3) is 2.75. The summed E-state index contributed by atoms with van der Waals surface area (Å²) in [6.45, 7) is 3.82. The Morgan fingerprint density at radius 3 is 3.00 bits per heavy atom. The first-order valence-corrected chi connectivity index (χ1v) is 7.71. The van der Waals surface area contributed by atoms with E-state index in [9.17, 15) is 9.59 Å². The summed E-state index contributed by atoms with van der Waals surface area (Å²) in [6, 6.07) is 3.61. The third-order valence-corrected chi connectivity index (χ3v) is 4.43. The Bertz CT molecular complexity index is 590. The minimum Gasteiger partial charge on any atom is -0.336 e. The van der Waals surface area contributed by atoms with E-state index in [4.69, 9.17) is 11.6 Å². The Balaban J connectivity index is 1.77. The fourth-order valence-corrected chi connectivity index (χ4v) is 3.31. The van der Waals surface area contributed by atoms with Crippen molar-refractivity contribution >= 4 is 23.4 Å². The van der Waals surface area contributed by atoms with Crippen molar-refractivity contribution in [3.05, 3.63) is 28.5 Å². The Morgan fingerprint density at radius 2 is 2.24 bits per heavy atom. The van der Waals surface area contributed by atoms with E-state index in [0.717, 1.165) is 18.5 Å². The van der Waals surface area contributed by atoms with Gasteiger partial charge in [0.25, 0.3) is 5.91 Å². The van der Waals surface area contributed by atoms with Crippen LogP contribution < -0.4 is 0 Å². The average molecular weight is 308 g/mol. The second kappa shape index (κ2) is 5.64. The van der Waals surface area contributed by atoms with Crippen molar-refractivity contribution in [1.82, 2.24) is 14.8 Å². The van der Waals surface area contributed by atoms with Gasteiger partial charge >= 0.3 is 0 Å². The van der Waals surface area contributed by atoms with Gasteiger partial charge in [-0.2, -0.15) is 0 Å². The Hall–Kier alpha value is -1.62. The van der Waals surface area contributed by atoms with Gasteiger partial charge in [-0.25, -0.2) is 4.98 Å². The molecular weight excluding hydrogens is 290 g/mol. The molecule has 1 atom stereocenters. The van der Waals surface area contributed by atoms with Crippen LogP contribution in [0, 0.1) is 0 Å². The molecule has 0 aliphatic carbocycles. The first-order valence-electron chi connectivity index (χ1n) is 7.33. The summed E-state index contributed by atoms with van der Waals surface area (Å²) < 4.78 is 0. The maximum atomic E-state index is 12.6. The van der Waals surface area contributed by atoms with Crippen LogP contribution in [0.2, 0.25) is 5.15 Å². The smallest absolute Gasteiger partial charge is 0.254 e. The molecule has 3 heterocycles. The number of piperazine rings is 1. The first kappa shape index (κ1) is 14.3. The number of aromatic nitrogens is 1. The zero-order valence-electron chi connectivity index (χ0n) is 12.0. The number of hydrogen-bond donors (Lipinski definition) is 0. The molecule has 0 spiro atoms. The van der Waals surface area contributed by atoms with Crippen molar-refractivity contribution < 1.29 is 9.59 Å². The van der Waals surface area contributed by atoms with Gasteiger partial charge in [-0.15, -0.1) is 0 Å². The van der Waals surface area contributed by atoms with Gasteiger partial charge < -0.3 is 9.80 Å². The number of pyridine rings is 1. The maximum Gasteiger partial charge on any atom is 0.254 e. The number of nitrogens with zero attached hydrogens (tertiary/aromatic N) is 3. The van der Waals surface area contributed by atoms with Crippen molar-refractivity contribution in [2.75, 3.05) is 19.6 Å². The van der Waals surface area contributed by atoms with Gasteiger partial charge in [-0.3, -0.25) is 9.59 Å². The van der Waals surface area contributed by atoms with Gasteiger partial charge in [0.15, 0.2) is 0 Å². The molecule has 1 unspecified atom stereocenters. The van der Waals surface area contributed by atoms with Crippen LogP contribution in [0.25, 0.3) is 0 Å². The molecule has 6 heteroatoms. The van der Waals surface area contributed by atoms with Crippen molar-refractivity contribution in [1.29, 1.82) is 0 Å². The van der Waals surface area contributed by atoms with Crippen LogP contribution in [0.5, 0.6) is 0 Å². The Labute approximate surface area is 128 Å². The molecule has 0 radical (unpaired) electrons. The minimum atomic E-state index is -0.0204. The minimum absolute atomic E-state index is 0.0204. The quantitative estimate of drug-likeness (QED) is 0.782. The van der Waals surface area contributed by atoms with Crippen molar-refractivity contribution in [3.63, 3.8) is 0 Å².